The third kappa shape index (κ3) is 4.07. The van der Waals surface area contributed by atoms with Crippen molar-refractivity contribution in [3.8, 4) is 0 Å². The number of aliphatic hydroxyl groups excluding tert-OH is 1. The Morgan fingerprint density at radius 2 is 2.13 bits per heavy atom. The third-order valence-electron chi connectivity index (χ3n) is 2.98. The van der Waals surface area contributed by atoms with E-state index in [4.69, 9.17) is 4.74 Å². The molecule has 1 N–H and O–H groups in total. The molecule has 0 aliphatic carbocycles. The summed E-state index contributed by atoms with van der Waals surface area (Å²) in [5.74, 6) is 0. The minimum Gasteiger partial charge on any atom is -0.389 e. The van der Waals surface area contributed by atoms with Crippen LogP contribution < -0.4 is 0 Å². The monoisotopic (exact) mass is 216 g/mol. The van der Waals surface area contributed by atoms with E-state index in [1.54, 1.807) is 0 Å². The highest BCUT2D eigenvalue weighted by atomic mass is 16.5. The third-order valence-corrected chi connectivity index (χ3v) is 2.98. The van der Waals surface area contributed by atoms with Crippen molar-refractivity contribution >= 4 is 0 Å². The van der Waals surface area contributed by atoms with Gasteiger partial charge in [-0.2, -0.15) is 0 Å². The second kappa shape index (κ2) is 6.43. The summed E-state index contributed by atoms with van der Waals surface area (Å²) >= 11 is 0. The number of ether oxygens (including phenoxy) is 1. The number of nitrogens with zero attached hydrogens (tertiary/aromatic N) is 2. The van der Waals surface area contributed by atoms with Gasteiger partial charge < -0.3 is 14.7 Å². The molecule has 2 unspecified atom stereocenters. The minimum atomic E-state index is -0.371. The molecule has 0 spiro atoms. The predicted octanol–water partition coefficient (Wildman–Crippen LogP) is 0.0197. The minimum absolute atomic E-state index is 0.209. The van der Waals surface area contributed by atoms with Gasteiger partial charge in [-0.05, 0) is 20.5 Å². The van der Waals surface area contributed by atoms with Crippen LogP contribution in [0.25, 0.3) is 0 Å². The van der Waals surface area contributed by atoms with Gasteiger partial charge in [0.25, 0.3) is 0 Å². The first-order valence-corrected chi connectivity index (χ1v) is 5.79. The van der Waals surface area contributed by atoms with Crippen LogP contribution in [0.2, 0.25) is 0 Å². The van der Waals surface area contributed by atoms with Crippen molar-refractivity contribution in [3.63, 3.8) is 0 Å². The lowest BCUT2D eigenvalue weighted by molar-refractivity contribution is -0.0345. The van der Waals surface area contributed by atoms with Crippen LogP contribution in [0, 0.1) is 0 Å². The van der Waals surface area contributed by atoms with Gasteiger partial charge in [0.2, 0.25) is 0 Å². The summed E-state index contributed by atoms with van der Waals surface area (Å²) in [5.41, 5.74) is 0. The molecular weight excluding hydrogens is 192 g/mol. The number of aliphatic hydroxyl groups is 1. The van der Waals surface area contributed by atoms with E-state index >= 15 is 0 Å². The zero-order valence-electron chi connectivity index (χ0n) is 10.1. The number of hydrogen-bond donors (Lipinski definition) is 1. The van der Waals surface area contributed by atoms with Gasteiger partial charge in [0.15, 0.2) is 0 Å². The predicted molar refractivity (Wildman–Crippen MR) is 61.0 cm³/mol. The average Bonchev–Trinajstić information content (AvgIpc) is 2.22. The first-order chi connectivity index (χ1) is 7.15. The molecule has 2 atom stereocenters. The number of likely N-dealkylation sites (N-methyl/N-ethyl adjacent to an activating group) is 2. The molecule has 0 bridgehead atoms. The van der Waals surface area contributed by atoms with Crippen LogP contribution in [-0.2, 0) is 4.74 Å². The molecule has 0 aromatic carbocycles. The summed E-state index contributed by atoms with van der Waals surface area (Å²) in [6.07, 6.45) is 0.636. The van der Waals surface area contributed by atoms with Crippen LogP contribution in [0.15, 0.2) is 0 Å². The Kier molecular flexibility index (Phi) is 5.53. The maximum absolute atomic E-state index is 10.00. The SMILES string of the molecule is CCCOCC(O)C1CN(C)CCN1C. The maximum Gasteiger partial charge on any atom is 0.0940 e. The fraction of sp³-hybridized carbons (Fsp3) is 1.00. The number of hydrogen-bond acceptors (Lipinski definition) is 4. The van der Waals surface area contributed by atoms with Gasteiger partial charge in [0.1, 0.15) is 0 Å². The lowest BCUT2D eigenvalue weighted by Gasteiger charge is -2.40. The van der Waals surface area contributed by atoms with Crippen molar-refractivity contribution in [1.29, 1.82) is 0 Å². The zero-order valence-corrected chi connectivity index (χ0v) is 10.1. The van der Waals surface area contributed by atoms with Gasteiger partial charge in [0.05, 0.1) is 18.8 Å². The van der Waals surface area contributed by atoms with Crippen molar-refractivity contribution in [2.75, 3.05) is 46.9 Å². The Balaban J connectivity index is 2.32. The quantitative estimate of drug-likeness (QED) is 0.657. The molecule has 1 fully saturated rings. The molecule has 1 aliphatic rings. The molecule has 0 amide bonds. The summed E-state index contributed by atoms with van der Waals surface area (Å²) in [7, 11) is 4.17. The van der Waals surface area contributed by atoms with E-state index in [0.29, 0.717) is 6.61 Å². The molecule has 4 heteroatoms. The number of piperazine rings is 1. The summed E-state index contributed by atoms with van der Waals surface area (Å²) < 4.78 is 5.39. The lowest BCUT2D eigenvalue weighted by atomic mass is 10.1. The van der Waals surface area contributed by atoms with E-state index in [9.17, 15) is 5.11 Å². The fourth-order valence-corrected chi connectivity index (χ4v) is 1.92. The van der Waals surface area contributed by atoms with Gasteiger partial charge in [0, 0.05) is 26.2 Å². The van der Waals surface area contributed by atoms with Crippen LogP contribution >= 0.6 is 0 Å². The average molecular weight is 216 g/mol. The fourth-order valence-electron chi connectivity index (χ4n) is 1.92. The highest BCUT2D eigenvalue weighted by molar-refractivity contribution is 4.84. The second-order valence-electron chi connectivity index (χ2n) is 4.45. The molecule has 4 nitrogen and oxygen atoms in total. The van der Waals surface area contributed by atoms with Crippen LogP contribution in [-0.4, -0.2) is 74.0 Å². The Morgan fingerprint density at radius 3 is 2.80 bits per heavy atom. The molecule has 0 aromatic rings. The van der Waals surface area contributed by atoms with E-state index in [2.05, 4.69) is 30.8 Å². The molecule has 90 valence electrons. The van der Waals surface area contributed by atoms with E-state index < -0.39 is 0 Å². The molecule has 1 aliphatic heterocycles. The molecule has 1 saturated heterocycles. The highest BCUT2D eigenvalue weighted by Crippen LogP contribution is 2.10. The van der Waals surface area contributed by atoms with E-state index in [1.807, 2.05) is 0 Å². The van der Waals surface area contributed by atoms with Crippen LogP contribution in [0.5, 0.6) is 0 Å². The van der Waals surface area contributed by atoms with Crippen molar-refractivity contribution in [2.24, 2.45) is 0 Å². The van der Waals surface area contributed by atoms with Gasteiger partial charge in [-0.25, -0.2) is 0 Å². The standard InChI is InChI=1S/C11H24N2O2/c1-4-7-15-9-11(14)10-8-12(2)5-6-13(10)3/h10-11,14H,4-9H2,1-3H3. The molecule has 0 radical (unpaired) electrons. The molecule has 0 saturated carbocycles. The normalized spacial score (nSPS) is 26.8. The van der Waals surface area contributed by atoms with Gasteiger partial charge in [-0.15, -0.1) is 0 Å². The van der Waals surface area contributed by atoms with Crippen molar-refractivity contribution in [2.45, 2.75) is 25.5 Å². The Bertz CT molecular complexity index is 178. The van der Waals surface area contributed by atoms with Crippen molar-refractivity contribution < 1.29 is 9.84 Å². The smallest absolute Gasteiger partial charge is 0.0940 e. The molecule has 15 heavy (non-hydrogen) atoms. The molecule has 1 heterocycles. The summed E-state index contributed by atoms with van der Waals surface area (Å²) in [4.78, 5) is 4.48. The lowest BCUT2D eigenvalue weighted by Crippen LogP contribution is -2.56. The summed E-state index contributed by atoms with van der Waals surface area (Å²) in [6, 6.07) is 0.209. The second-order valence-corrected chi connectivity index (χ2v) is 4.45. The van der Waals surface area contributed by atoms with Gasteiger partial charge >= 0.3 is 0 Å². The van der Waals surface area contributed by atoms with Crippen molar-refractivity contribution in [3.05, 3.63) is 0 Å². The van der Waals surface area contributed by atoms with E-state index in [-0.39, 0.29) is 12.1 Å². The van der Waals surface area contributed by atoms with Gasteiger partial charge in [-0.1, -0.05) is 6.92 Å². The Labute approximate surface area is 92.8 Å². The van der Waals surface area contributed by atoms with Crippen LogP contribution in [0.4, 0.5) is 0 Å². The highest BCUT2D eigenvalue weighted by Gasteiger charge is 2.28. The van der Waals surface area contributed by atoms with Crippen LogP contribution in [0.3, 0.4) is 0 Å². The van der Waals surface area contributed by atoms with E-state index in [1.165, 1.54) is 0 Å². The maximum atomic E-state index is 10.00. The summed E-state index contributed by atoms with van der Waals surface area (Å²) in [6.45, 7) is 6.29. The first-order valence-electron chi connectivity index (χ1n) is 5.79. The molecule has 0 aromatic heterocycles. The largest absolute Gasteiger partial charge is 0.389 e. The van der Waals surface area contributed by atoms with E-state index in [0.717, 1.165) is 32.7 Å². The first kappa shape index (κ1) is 12.9. The van der Waals surface area contributed by atoms with Crippen molar-refractivity contribution in [1.82, 2.24) is 9.80 Å². The van der Waals surface area contributed by atoms with Gasteiger partial charge in [-0.3, -0.25) is 4.90 Å². The Morgan fingerprint density at radius 1 is 1.40 bits per heavy atom. The Hall–Kier alpha value is -0.160. The van der Waals surface area contributed by atoms with Crippen LogP contribution in [0.1, 0.15) is 13.3 Å². The number of rotatable bonds is 5. The zero-order chi connectivity index (χ0) is 11.3. The topological polar surface area (TPSA) is 35.9 Å². The molecular formula is C11H24N2O2. The molecule has 1 rings (SSSR count). The summed E-state index contributed by atoms with van der Waals surface area (Å²) in [5, 5.41) is 10.00.